The summed E-state index contributed by atoms with van der Waals surface area (Å²) < 4.78 is 0. The molecule has 0 aromatic heterocycles. The topological polar surface area (TPSA) is 64.7 Å². The Balaban J connectivity index is 0.00000160. The van der Waals surface area contributed by atoms with Gasteiger partial charge in [0.2, 0.25) is 11.8 Å². The summed E-state index contributed by atoms with van der Waals surface area (Å²) in [6.45, 7) is 5.98. The Morgan fingerprint density at radius 1 is 1.07 bits per heavy atom. The molecule has 0 spiro atoms. The van der Waals surface area contributed by atoms with Gasteiger partial charge in [0, 0.05) is 39.3 Å². The van der Waals surface area contributed by atoms with Gasteiger partial charge >= 0.3 is 0 Å². The third kappa shape index (κ3) is 5.47. The van der Waals surface area contributed by atoms with Crippen LogP contribution >= 0.6 is 24.8 Å². The van der Waals surface area contributed by atoms with Gasteiger partial charge in [-0.1, -0.05) is 43.2 Å². The van der Waals surface area contributed by atoms with E-state index in [9.17, 15) is 9.59 Å². The molecule has 6 nitrogen and oxygen atoms in total. The molecule has 30 heavy (non-hydrogen) atoms. The highest BCUT2D eigenvalue weighted by Crippen LogP contribution is 2.43. The number of halogens is 2. The van der Waals surface area contributed by atoms with Gasteiger partial charge in [0.25, 0.3) is 0 Å². The van der Waals surface area contributed by atoms with Crippen LogP contribution in [-0.4, -0.2) is 67.4 Å². The van der Waals surface area contributed by atoms with E-state index in [0.29, 0.717) is 5.92 Å². The minimum Gasteiger partial charge on any atom is -0.346 e. The molecular formula is C22H34Cl2N4O2. The predicted octanol–water partition coefficient (Wildman–Crippen LogP) is 2.07. The van der Waals surface area contributed by atoms with Crippen molar-refractivity contribution < 1.29 is 9.59 Å². The average Bonchev–Trinajstić information content (AvgIpc) is 3.18. The van der Waals surface area contributed by atoms with Gasteiger partial charge in [-0.2, -0.15) is 0 Å². The van der Waals surface area contributed by atoms with Gasteiger partial charge < -0.3 is 15.5 Å². The molecule has 2 saturated heterocycles. The van der Waals surface area contributed by atoms with E-state index >= 15 is 0 Å². The summed E-state index contributed by atoms with van der Waals surface area (Å²) in [6.07, 6.45) is 4.40. The van der Waals surface area contributed by atoms with E-state index in [1.54, 1.807) is 0 Å². The molecule has 4 rings (SSSR count). The molecule has 2 N–H and O–H groups in total. The van der Waals surface area contributed by atoms with Crippen LogP contribution in [0.5, 0.6) is 0 Å². The molecule has 8 heteroatoms. The molecule has 168 valence electrons. The normalized spacial score (nSPS) is 26.1. The number of nitrogens with zero attached hydrogens (tertiary/aromatic N) is 2. The highest BCUT2D eigenvalue weighted by Gasteiger charge is 2.49. The summed E-state index contributed by atoms with van der Waals surface area (Å²) in [6, 6.07) is 10.4. The molecule has 0 unspecified atom stereocenters. The molecule has 3 aliphatic rings. The number of fused-ring (bicyclic) bond motifs is 1. The Bertz CT molecular complexity index is 698. The van der Waals surface area contributed by atoms with Crippen molar-refractivity contribution >= 4 is 36.6 Å². The predicted molar refractivity (Wildman–Crippen MR) is 123 cm³/mol. The van der Waals surface area contributed by atoms with Crippen LogP contribution in [0, 0.1) is 11.3 Å². The van der Waals surface area contributed by atoms with Crippen molar-refractivity contribution in [3.63, 3.8) is 0 Å². The summed E-state index contributed by atoms with van der Waals surface area (Å²) in [7, 11) is 0. The molecule has 3 fully saturated rings. The lowest BCUT2D eigenvalue weighted by Crippen LogP contribution is -2.53. The van der Waals surface area contributed by atoms with Crippen LogP contribution in [-0.2, 0) is 16.1 Å². The third-order valence-electron chi connectivity index (χ3n) is 6.86. The lowest BCUT2D eigenvalue weighted by atomic mass is 9.67. The first-order valence-electron chi connectivity index (χ1n) is 10.7. The van der Waals surface area contributed by atoms with Crippen molar-refractivity contribution in [3.8, 4) is 0 Å². The number of amides is 2. The van der Waals surface area contributed by atoms with Crippen LogP contribution < -0.4 is 10.6 Å². The Morgan fingerprint density at radius 3 is 2.53 bits per heavy atom. The minimum atomic E-state index is -0.285. The van der Waals surface area contributed by atoms with Crippen LogP contribution in [0.15, 0.2) is 30.3 Å². The van der Waals surface area contributed by atoms with Crippen LogP contribution in [0.2, 0.25) is 0 Å². The van der Waals surface area contributed by atoms with Crippen molar-refractivity contribution in [1.29, 1.82) is 0 Å². The summed E-state index contributed by atoms with van der Waals surface area (Å²) in [5.41, 5.74) is 1.02. The second kappa shape index (κ2) is 11.3. The van der Waals surface area contributed by atoms with Gasteiger partial charge in [-0.15, -0.1) is 24.8 Å². The molecule has 2 heterocycles. The number of benzene rings is 1. The molecule has 0 radical (unpaired) electrons. The number of piperazine rings is 1. The van der Waals surface area contributed by atoms with Gasteiger partial charge in [-0.25, -0.2) is 0 Å². The molecule has 0 bridgehead atoms. The van der Waals surface area contributed by atoms with Crippen LogP contribution in [0.25, 0.3) is 0 Å². The van der Waals surface area contributed by atoms with E-state index in [2.05, 4.69) is 39.8 Å². The van der Waals surface area contributed by atoms with Crippen molar-refractivity contribution in [2.24, 2.45) is 11.3 Å². The maximum absolute atomic E-state index is 12.9. The summed E-state index contributed by atoms with van der Waals surface area (Å²) in [4.78, 5) is 29.8. The highest BCUT2D eigenvalue weighted by molar-refractivity contribution is 5.88. The first-order valence-corrected chi connectivity index (χ1v) is 10.7. The van der Waals surface area contributed by atoms with Gasteiger partial charge in [0.15, 0.2) is 0 Å². The molecule has 1 aliphatic carbocycles. The van der Waals surface area contributed by atoms with Crippen molar-refractivity contribution in [2.75, 3.05) is 45.8 Å². The SMILES string of the molecule is Cl.Cl.O=C(CNC(=O)[C@@]12CCCC[C@H]1CNC2)N1CCN(Cc2ccccc2)CC1. The van der Waals surface area contributed by atoms with Gasteiger partial charge in [-0.3, -0.25) is 14.5 Å². The largest absolute Gasteiger partial charge is 0.346 e. The third-order valence-corrected chi connectivity index (χ3v) is 6.86. The molecule has 2 atom stereocenters. The van der Waals surface area contributed by atoms with E-state index in [0.717, 1.165) is 65.1 Å². The fourth-order valence-corrected chi connectivity index (χ4v) is 5.13. The van der Waals surface area contributed by atoms with Gasteiger partial charge in [-0.05, 0) is 30.9 Å². The summed E-state index contributed by atoms with van der Waals surface area (Å²) >= 11 is 0. The second-order valence-corrected chi connectivity index (χ2v) is 8.55. The minimum absolute atomic E-state index is 0. The second-order valence-electron chi connectivity index (χ2n) is 8.55. The monoisotopic (exact) mass is 456 g/mol. The Kier molecular flexibility index (Phi) is 9.41. The lowest BCUT2D eigenvalue weighted by molar-refractivity contribution is -0.139. The maximum Gasteiger partial charge on any atom is 0.242 e. The van der Waals surface area contributed by atoms with E-state index in [1.807, 2.05) is 11.0 Å². The molecule has 2 amide bonds. The number of carbonyl (C=O) groups excluding carboxylic acids is 2. The Hall–Kier alpha value is -1.34. The Labute approximate surface area is 192 Å². The number of carbonyl (C=O) groups is 2. The van der Waals surface area contributed by atoms with E-state index in [-0.39, 0.29) is 48.6 Å². The first kappa shape index (κ1) is 24.9. The van der Waals surface area contributed by atoms with E-state index in [1.165, 1.54) is 12.0 Å². The van der Waals surface area contributed by atoms with Crippen molar-refractivity contribution in [3.05, 3.63) is 35.9 Å². The van der Waals surface area contributed by atoms with Crippen molar-refractivity contribution in [1.82, 2.24) is 20.4 Å². The summed E-state index contributed by atoms with van der Waals surface area (Å²) in [5.74, 6) is 0.554. The molecule has 2 aliphatic heterocycles. The molecule has 1 saturated carbocycles. The maximum atomic E-state index is 12.9. The van der Waals surface area contributed by atoms with Crippen LogP contribution in [0.4, 0.5) is 0 Å². The molecule has 1 aromatic carbocycles. The fraction of sp³-hybridized carbons (Fsp3) is 0.636. The van der Waals surface area contributed by atoms with Crippen molar-refractivity contribution in [2.45, 2.75) is 32.2 Å². The van der Waals surface area contributed by atoms with Gasteiger partial charge in [0.05, 0.1) is 12.0 Å². The average molecular weight is 457 g/mol. The quantitative estimate of drug-likeness (QED) is 0.711. The number of rotatable bonds is 5. The van der Waals surface area contributed by atoms with Crippen LogP contribution in [0.3, 0.4) is 0 Å². The number of hydrogen-bond donors (Lipinski definition) is 2. The lowest BCUT2D eigenvalue weighted by Gasteiger charge is -2.38. The number of hydrogen-bond acceptors (Lipinski definition) is 4. The standard InChI is InChI=1S/C22H32N4O2.2ClH/c27-20(15-24-21(28)22-9-5-4-8-19(22)14-23-17-22)26-12-10-25(11-13-26)16-18-6-2-1-3-7-18;;/h1-3,6-7,19,23H,4-5,8-17H2,(H,24,28);2*1H/t19-,22+;;/m0../s1. The van der Waals surface area contributed by atoms with Gasteiger partial charge in [0.1, 0.15) is 0 Å². The van der Waals surface area contributed by atoms with E-state index in [4.69, 9.17) is 0 Å². The Morgan fingerprint density at radius 2 is 1.80 bits per heavy atom. The smallest absolute Gasteiger partial charge is 0.242 e. The zero-order chi connectivity index (χ0) is 19.4. The first-order chi connectivity index (χ1) is 13.7. The van der Waals surface area contributed by atoms with Crippen LogP contribution in [0.1, 0.15) is 31.2 Å². The molecule has 1 aromatic rings. The zero-order valence-corrected chi connectivity index (χ0v) is 19.1. The summed E-state index contributed by atoms with van der Waals surface area (Å²) in [5, 5.41) is 6.38. The fourth-order valence-electron chi connectivity index (χ4n) is 5.13. The highest BCUT2D eigenvalue weighted by atomic mass is 35.5. The number of nitrogens with one attached hydrogen (secondary N) is 2. The van der Waals surface area contributed by atoms with E-state index < -0.39 is 0 Å². The zero-order valence-electron chi connectivity index (χ0n) is 17.5. The molecular weight excluding hydrogens is 423 g/mol.